The second-order valence-electron chi connectivity index (χ2n) is 5.84. The van der Waals surface area contributed by atoms with Gasteiger partial charge in [0.2, 0.25) is 0 Å². The summed E-state index contributed by atoms with van der Waals surface area (Å²) in [5.41, 5.74) is 9.07. The van der Waals surface area contributed by atoms with Crippen molar-refractivity contribution in [3.05, 3.63) is 35.4 Å². The van der Waals surface area contributed by atoms with Gasteiger partial charge in [-0.1, -0.05) is 31.2 Å². The van der Waals surface area contributed by atoms with E-state index in [9.17, 15) is 0 Å². The lowest BCUT2D eigenvalue weighted by molar-refractivity contribution is 0.152. The van der Waals surface area contributed by atoms with E-state index >= 15 is 0 Å². The summed E-state index contributed by atoms with van der Waals surface area (Å²) in [5, 5.41) is 0. The summed E-state index contributed by atoms with van der Waals surface area (Å²) in [5.74, 6) is 0.599. The highest BCUT2D eigenvalue weighted by molar-refractivity contribution is 5.26. The first-order valence-corrected chi connectivity index (χ1v) is 7.18. The average molecular weight is 246 g/mol. The van der Waals surface area contributed by atoms with E-state index in [-0.39, 0.29) is 0 Å². The molecule has 1 aromatic carbocycles. The Balaban J connectivity index is 2.10. The van der Waals surface area contributed by atoms with E-state index in [4.69, 9.17) is 5.73 Å². The van der Waals surface area contributed by atoms with Gasteiger partial charge in [-0.15, -0.1) is 0 Å². The molecule has 0 aliphatic carbocycles. The van der Waals surface area contributed by atoms with Gasteiger partial charge in [0.15, 0.2) is 0 Å². The smallest absolute Gasteiger partial charge is 0.0174 e. The molecule has 2 atom stereocenters. The summed E-state index contributed by atoms with van der Waals surface area (Å²) in [7, 11) is 0. The number of hydrogen-bond acceptors (Lipinski definition) is 2. The van der Waals surface area contributed by atoms with Gasteiger partial charge < -0.3 is 5.73 Å². The van der Waals surface area contributed by atoms with Crippen LogP contribution in [-0.2, 0) is 6.42 Å². The zero-order chi connectivity index (χ0) is 13.1. The number of hydrogen-bond donors (Lipinski definition) is 1. The summed E-state index contributed by atoms with van der Waals surface area (Å²) in [6, 6.07) is 10.0. The van der Waals surface area contributed by atoms with Gasteiger partial charge in [0, 0.05) is 25.2 Å². The molecule has 2 rings (SSSR count). The molecule has 100 valence electrons. The van der Waals surface area contributed by atoms with Gasteiger partial charge >= 0.3 is 0 Å². The minimum absolute atomic E-state index is 0.317. The van der Waals surface area contributed by atoms with E-state index < -0.39 is 0 Å². The van der Waals surface area contributed by atoms with Crippen LogP contribution in [0, 0.1) is 0 Å². The largest absolute Gasteiger partial charge is 0.327 e. The molecule has 1 saturated heterocycles. The predicted molar refractivity (Wildman–Crippen MR) is 77.9 cm³/mol. The van der Waals surface area contributed by atoms with Crippen molar-refractivity contribution in [1.29, 1.82) is 0 Å². The summed E-state index contributed by atoms with van der Waals surface area (Å²) in [6.07, 6.45) is 2.23. The van der Waals surface area contributed by atoms with E-state index in [2.05, 4.69) is 49.9 Å². The molecule has 0 saturated carbocycles. The highest BCUT2D eigenvalue weighted by atomic mass is 15.2. The highest BCUT2D eigenvalue weighted by Crippen LogP contribution is 2.27. The lowest BCUT2D eigenvalue weighted by atomic mass is 9.87. The van der Waals surface area contributed by atoms with E-state index in [1.807, 2.05) is 0 Å². The van der Waals surface area contributed by atoms with Crippen LogP contribution in [0.1, 0.15) is 44.2 Å². The van der Waals surface area contributed by atoms with Crippen molar-refractivity contribution < 1.29 is 0 Å². The van der Waals surface area contributed by atoms with Crippen LogP contribution in [-0.4, -0.2) is 30.1 Å². The maximum atomic E-state index is 6.21. The first-order chi connectivity index (χ1) is 8.60. The first kappa shape index (κ1) is 13.6. The van der Waals surface area contributed by atoms with Gasteiger partial charge in [-0.05, 0) is 43.7 Å². The van der Waals surface area contributed by atoms with Crippen molar-refractivity contribution in [1.82, 2.24) is 4.90 Å². The van der Waals surface area contributed by atoms with Gasteiger partial charge in [-0.3, -0.25) is 4.90 Å². The second-order valence-corrected chi connectivity index (χ2v) is 5.84. The maximum absolute atomic E-state index is 6.21. The Kier molecular flexibility index (Phi) is 4.41. The molecule has 0 spiro atoms. The molecular weight excluding hydrogens is 220 g/mol. The third-order valence-electron chi connectivity index (χ3n) is 4.10. The van der Waals surface area contributed by atoms with Crippen molar-refractivity contribution in [3.63, 3.8) is 0 Å². The maximum Gasteiger partial charge on any atom is 0.0174 e. The fourth-order valence-corrected chi connectivity index (χ4v) is 2.86. The number of piperidine rings is 1. The molecule has 0 amide bonds. The van der Waals surface area contributed by atoms with Gasteiger partial charge in [-0.2, -0.15) is 0 Å². The molecule has 0 radical (unpaired) electrons. The molecule has 1 aliphatic rings. The number of nitrogens with two attached hydrogens (primary N) is 1. The lowest BCUT2D eigenvalue weighted by Crippen LogP contribution is -2.48. The van der Waals surface area contributed by atoms with Crippen LogP contribution < -0.4 is 5.73 Å². The normalized spacial score (nSPS) is 25.6. The number of nitrogens with zero attached hydrogens (tertiary/aromatic N) is 1. The lowest BCUT2D eigenvalue weighted by Gasteiger charge is -2.39. The number of likely N-dealkylation sites (tertiary alicyclic amines) is 1. The SMILES string of the molecule is CCc1ccc(C2CC(N)CN(C(C)C)C2)cc1. The molecule has 1 heterocycles. The van der Waals surface area contributed by atoms with Crippen LogP contribution in [0.4, 0.5) is 0 Å². The summed E-state index contributed by atoms with van der Waals surface area (Å²) >= 11 is 0. The average Bonchev–Trinajstić information content (AvgIpc) is 2.38. The molecule has 1 fully saturated rings. The monoisotopic (exact) mass is 246 g/mol. The Labute approximate surface area is 111 Å². The van der Waals surface area contributed by atoms with E-state index in [0.717, 1.165) is 25.9 Å². The Morgan fingerprint density at radius 1 is 1.22 bits per heavy atom. The topological polar surface area (TPSA) is 29.3 Å². The minimum atomic E-state index is 0.317. The summed E-state index contributed by atoms with van der Waals surface area (Å²) in [6.45, 7) is 8.91. The molecule has 2 heteroatoms. The standard InChI is InChI=1S/C16H26N2/c1-4-13-5-7-14(8-6-13)15-9-16(17)11-18(10-15)12(2)3/h5-8,12,15-16H,4,9-11,17H2,1-3H3. The predicted octanol–water partition coefficient (Wildman–Crippen LogP) is 2.77. The molecule has 0 aromatic heterocycles. The minimum Gasteiger partial charge on any atom is -0.327 e. The van der Waals surface area contributed by atoms with Crippen molar-refractivity contribution >= 4 is 0 Å². The van der Waals surface area contributed by atoms with E-state index in [1.165, 1.54) is 11.1 Å². The van der Waals surface area contributed by atoms with Crippen LogP contribution in [0.3, 0.4) is 0 Å². The molecule has 2 nitrogen and oxygen atoms in total. The van der Waals surface area contributed by atoms with Gasteiger partial charge in [0.25, 0.3) is 0 Å². The van der Waals surface area contributed by atoms with Gasteiger partial charge in [0.05, 0.1) is 0 Å². The Bertz CT molecular complexity index is 369. The van der Waals surface area contributed by atoms with E-state index in [0.29, 0.717) is 18.0 Å². The Morgan fingerprint density at radius 2 is 1.89 bits per heavy atom. The Morgan fingerprint density at radius 3 is 2.44 bits per heavy atom. The fraction of sp³-hybridized carbons (Fsp3) is 0.625. The van der Waals surface area contributed by atoms with Crippen molar-refractivity contribution in [2.24, 2.45) is 5.73 Å². The van der Waals surface area contributed by atoms with Crippen LogP contribution >= 0.6 is 0 Å². The summed E-state index contributed by atoms with van der Waals surface area (Å²) in [4.78, 5) is 2.51. The molecule has 1 aliphatic heterocycles. The molecular formula is C16H26N2. The first-order valence-electron chi connectivity index (χ1n) is 7.18. The molecule has 0 bridgehead atoms. The van der Waals surface area contributed by atoms with Crippen LogP contribution in [0.15, 0.2) is 24.3 Å². The summed E-state index contributed by atoms with van der Waals surface area (Å²) < 4.78 is 0. The zero-order valence-corrected chi connectivity index (χ0v) is 11.9. The zero-order valence-electron chi connectivity index (χ0n) is 11.9. The molecule has 2 N–H and O–H groups in total. The third kappa shape index (κ3) is 3.12. The van der Waals surface area contributed by atoms with Crippen LogP contribution in [0.2, 0.25) is 0 Å². The van der Waals surface area contributed by atoms with Crippen molar-refractivity contribution in [2.45, 2.75) is 51.6 Å². The highest BCUT2D eigenvalue weighted by Gasteiger charge is 2.27. The van der Waals surface area contributed by atoms with Gasteiger partial charge in [0.1, 0.15) is 0 Å². The second kappa shape index (κ2) is 5.85. The van der Waals surface area contributed by atoms with Crippen molar-refractivity contribution in [2.75, 3.05) is 13.1 Å². The van der Waals surface area contributed by atoms with Gasteiger partial charge in [-0.25, -0.2) is 0 Å². The number of benzene rings is 1. The quantitative estimate of drug-likeness (QED) is 0.888. The third-order valence-corrected chi connectivity index (χ3v) is 4.10. The van der Waals surface area contributed by atoms with Crippen LogP contribution in [0.5, 0.6) is 0 Å². The molecule has 18 heavy (non-hydrogen) atoms. The van der Waals surface area contributed by atoms with Crippen LogP contribution in [0.25, 0.3) is 0 Å². The number of rotatable bonds is 3. The fourth-order valence-electron chi connectivity index (χ4n) is 2.86. The van der Waals surface area contributed by atoms with E-state index in [1.54, 1.807) is 0 Å². The van der Waals surface area contributed by atoms with Crippen molar-refractivity contribution in [3.8, 4) is 0 Å². The Hall–Kier alpha value is -0.860. The molecule has 2 unspecified atom stereocenters. The number of aryl methyl sites for hydroxylation is 1. The molecule has 1 aromatic rings.